The van der Waals surface area contributed by atoms with Crippen molar-refractivity contribution in [3.05, 3.63) is 49.1 Å². The van der Waals surface area contributed by atoms with Crippen molar-refractivity contribution in [2.45, 2.75) is 0 Å². The van der Waals surface area contributed by atoms with E-state index in [1.807, 2.05) is 18.2 Å². The first-order valence-electron chi connectivity index (χ1n) is 5.64. The van der Waals surface area contributed by atoms with Crippen LogP contribution in [0.25, 0.3) is 0 Å². The zero-order valence-electron chi connectivity index (χ0n) is 10.6. The fraction of sp³-hybridized carbons (Fsp3) is 0.154. The maximum Gasteiger partial charge on any atom is 0.161 e. The Morgan fingerprint density at radius 3 is 2.79 bits per heavy atom. The summed E-state index contributed by atoms with van der Waals surface area (Å²) in [5.74, 6) is 1.32. The first kappa shape index (κ1) is 12.8. The Morgan fingerprint density at radius 1 is 1.32 bits per heavy atom. The number of hydrogen-bond donors (Lipinski definition) is 0. The number of benzene rings is 1. The van der Waals surface area contributed by atoms with Crippen LogP contribution in [0.1, 0.15) is 5.56 Å². The number of methoxy groups -OCH3 is 1. The number of nitrogens with zero attached hydrogens (tertiary/aromatic N) is 4. The molecule has 0 unspecified atom stereocenters. The highest BCUT2D eigenvalue weighted by molar-refractivity contribution is 5.80. The van der Waals surface area contributed by atoms with E-state index in [1.54, 1.807) is 19.4 Å². The molecule has 0 saturated carbocycles. The van der Waals surface area contributed by atoms with E-state index in [1.165, 1.54) is 17.3 Å². The van der Waals surface area contributed by atoms with Crippen molar-refractivity contribution in [3.8, 4) is 11.5 Å². The molecule has 6 heteroatoms. The largest absolute Gasteiger partial charge is 0.493 e. The van der Waals surface area contributed by atoms with E-state index < -0.39 is 0 Å². The molecule has 1 aromatic carbocycles. The lowest BCUT2D eigenvalue weighted by Gasteiger charge is -2.09. The topological polar surface area (TPSA) is 61.5 Å². The normalized spacial score (nSPS) is 10.6. The van der Waals surface area contributed by atoms with Gasteiger partial charge in [0.2, 0.25) is 0 Å². The summed E-state index contributed by atoms with van der Waals surface area (Å²) in [5.41, 5.74) is 0.886. The molecule has 2 aromatic rings. The fourth-order valence-corrected chi connectivity index (χ4v) is 1.42. The third-order valence-electron chi connectivity index (χ3n) is 2.29. The Labute approximate surface area is 111 Å². The minimum atomic E-state index is 0.435. The minimum Gasteiger partial charge on any atom is -0.493 e. The molecule has 0 fully saturated rings. The van der Waals surface area contributed by atoms with Crippen molar-refractivity contribution >= 4 is 6.21 Å². The lowest BCUT2D eigenvalue weighted by Crippen LogP contribution is -1.97. The molecule has 98 valence electrons. The van der Waals surface area contributed by atoms with Crippen LogP contribution in [0.5, 0.6) is 11.5 Å². The van der Waals surface area contributed by atoms with Gasteiger partial charge >= 0.3 is 0 Å². The lowest BCUT2D eigenvalue weighted by molar-refractivity contribution is 0.326. The van der Waals surface area contributed by atoms with Gasteiger partial charge in [-0.3, -0.25) is 0 Å². The zero-order chi connectivity index (χ0) is 13.5. The molecule has 0 aliphatic rings. The smallest absolute Gasteiger partial charge is 0.161 e. The van der Waals surface area contributed by atoms with Gasteiger partial charge in [0.15, 0.2) is 11.5 Å². The molecule has 6 nitrogen and oxygen atoms in total. The number of ether oxygens (including phenoxy) is 2. The summed E-state index contributed by atoms with van der Waals surface area (Å²) in [5, 5.41) is 11.5. The van der Waals surface area contributed by atoms with Gasteiger partial charge in [0.1, 0.15) is 19.3 Å². The molecule has 0 aliphatic carbocycles. The SMILES string of the molecule is C=CCOc1ccc(/C=N\n2cnnc2)cc1OC. The second-order valence-corrected chi connectivity index (χ2v) is 3.60. The predicted octanol–water partition coefficient (Wildman–Crippen LogP) is 1.73. The molecular formula is C13H14N4O2. The second kappa shape index (κ2) is 6.34. The van der Waals surface area contributed by atoms with Crippen LogP contribution in [0.3, 0.4) is 0 Å². The van der Waals surface area contributed by atoms with Gasteiger partial charge in [-0.2, -0.15) is 5.10 Å². The molecule has 2 rings (SSSR count). The summed E-state index contributed by atoms with van der Waals surface area (Å²) < 4.78 is 12.2. The molecule has 1 aromatic heterocycles. The van der Waals surface area contributed by atoms with Gasteiger partial charge in [0.05, 0.1) is 13.3 Å². The fourth-order valence-electron chi connectivity index (χ4n) is 1.42. The Morgan fingerprint density at radius 2 is 2.11 bits per heavy atom. The average Bonchev–Trinajstić information content (AvgIpc) is 2.96. The molecule has 0 radical (unpaired) electrons. The van der Waals surface area contributed by atoms with Crippen molar-refractivity contribution in [3.63, 3.8) is 0 Å². The van der Waals surface area contributed by atoms with Crippen LogP contribution in [0.4, 0.5) is 0 Å². The third-order valence-corrected chi connectivity index (χ3v) is 2.29. The van der Waals surface area contributed by atoms with Gasteiger partial charge in [-0.1, -0.05) is 12.7 Å². The molecule has 19 heavy (non-hydrogen) atoms. The molecule has 0 saturated heterocycles. The Bertz CT molecular complexity index is 564. The van der Waals surface area contributed by atoms with Crippen LogP contribution < -0.4 is 9.47 Å². The maximum absolute atomic E-state index is 5.47. The van der Waals surface area contributed by atoms with Crippen LogP contribution in [0.15, 0.2) is 48.6 Å². The minimum absolute atomic E-state index is 0.435. The van der Waals surface area contributed by atoms with E-state index >= 15 is 0 Å². The average molecular weight is 258 g/mol. The predicted molar refractivity (Wildman–Crippen MR) is 71.7 cm³/mol. The summed E-state index contributed by atoms with van der Waals surface area (Å²) in [6.07, 6.45) is 6.38. The number of rotatable bonds is 6. The highest BCUT2D eigenvalue weighted by atomic mass is 16.5. The molecular weight excluding hydrogens is 244 g/mol. The summed E-state index contributed by atoms with van der Waals surface area (Å²) >= 11 is 0. The van der Waals surface area contributed by atoms with E-state index in [2.05, 4.69) is 21.9 Å². The van der Waals surface area contributed by atoms with E-state index in [4.69, 9.17) is 9.47 Å². The van der Waals surface area contributed by atoms with Crippen molar-refractivity contribution in [1.82, 2.24) is 14.9 Å². The number of hydrogen-bond acceptors (Lipinski definition) is 5. The monoisotopic (exact) mass is 258 g/mol. The van der Waals surface area contributed by atoms with Gasteiger partial charge < -0.3 is 9.47 Å². The Hall–Kier alpha value is -2.63. The summed E-state index contributed by atoms with van der Waals surface area (Å²) in [6.45, 7) is 4.04. The van der Waals surface area contributed by atoms with Crippen LogP contribution in [-0.2, 0) is 0 Å². The highest BCUT2D eigenvalue weighted by Crippen LogP contribution is 2.27. The van der Waals surface area contributed by atoms with Crippen molar-refractivity contribution in [2.75, 3.05) is 13.7 Å². The number of aromatic nitrogens is 3. The van der Waals surface area contributed by atoms with Crippen LogP contribution >= 0.6 is 0 Å². The standard InChI is InChI=1S/C13H14N4O2/c1-3-6-19-12-5-4-11(7-13(12)18-2)8-16-17-9-14-15-10-17/h3-5,7-10H,1,6H2,2H3/b16-8-. The van der Waals surface area contributed by atoms with E-state index in [-0.39, 0.29) is 0 Å². The summed E-state index contributed by atoms with van der Waals surface area (Å²) in [7, 11) is 1.59. The molecule has 0 N–H and O–H groups in total. The van der Waals surface area contributed by atoms with Crippen LogP contribution in [-0.4, -0.2) is 34.8 Å². The van der Waals surface area contributed by atoms with Crippen LogP contribution in [0.2, 0.25) is 0 Å². The van der Waals surface area contributed by atoms with Crippen molar-refractivity contribution in [1.29, 1.82) is 0 Å². The van der Waals surface area contributed by atoms with E-state index in [9.17, 15) is 0 Å². The maximum atomic E-state index is 5.47. The lowest BCUT2D eigenvalue weighted by atomic mass is 10.2. The van der Waals surface area contributed by atoms with Gasteiger partial charge in [-0.05, 0) is 23.8 Å². The first-order valence-corrected chi connectivity index (χ1v) is 5.64. The molecule has 0 amide bonds. The molecule has 0 aliphatic heterocycles. The molecule has 0 spiro atoms. The molecule has 0 atom stereocenters. The quantitative estimate of drug-likeness (QED) is 0.585. The molecule has 1 heterocycles. The van der Waals surface area contributed by atoms with E-state index in [0.717, 1.165) is 5.56 Å². The third kappa shape index (κ3) is 3.41. The zero-order valence-corrected chi connectivity index (χ0v) is 10.6. The first-order chi connectivity index (χ1) is 9.33. The second-order valence-electron chi connectivity index (χ2n) is 3.60. The van der Waals surface area contributed by atoms with Gasteiger partial charge in [0.25, 0.3) is 0 Å². The summed E-state index contributed by atoms with van der Waals surface area (Å²) in [4.78, 5) is 0. The van der Waals surface area contributed by atoms with E-state index in [0.29, 0.717) is 18.1 Å². The Balaban J connectivity index is 2.16. The highest BCUT2D eigenvalue weighted by Gasteiger charge is 2.04. The van der Waals surface area contributed by atoms with Crippen molar-refractivity contribution < 1.29 is 9.47 Å². The van der Waals surface area contributed by atoms with Gasteiger partial charge in [0, 0.05) is 0 Å². The summed E-state index contributed by atoms with van der Waals surface area (Å²) in [6, 6.07) is 5.55. The Kier molecular flexibility index (Phi) is 4.28. The molecule has 0 bridgehead atoms. The van der Waals surface area contributed by atoms with Crippen LogP contribution in [0, 0.1) is 0 Å². The van der Waals surface area contributed by atoms with Crippen molar-refractivity contribution in [2.24, 2.45) is 5.10 Å². The van der Waals surface area contributed by atoms with Gasteiger partial charge in [-0.15, -0.1) is 10.2 Å². The van der Waals surface area contributed by atoms with Gasteiger partial charge in [-0.25, -0.2) is 4.68 Å².